The van der Waals surface area contributed by atoms with E-state index < -0.39 is 11.8 Å². The molecule has 0 bridgehead atoms. The van der Waals surface area contributed by atoms with Gasteiger partial charge in [0.2, 0.25) is 0 Å². The highest BCUT2D eigenvalue weighted by Crippen LogP contribution is 1.91. The fraction of sp³-hybridized carbons (Fsp3) is 0.300. The van der Waals surface area contributed by atoms with Crippen LogP contribution in [0.3, 0.4) is 0 Å². The van der Waals surface area contributed by atoms with Crippen LogP contribution in [-0.4, -0.2) is 36.3 Å². The van der Waals surface area contributed by atoms with Crippen molar-refractivity contribution in [2.75, 3.05) is 19.6 Å². The third kappa shape index (κ3) is 4.62. The van der Waals surface area contributed by atoms with Crippen molar-refractivity contribution in [1.82, 2.24) is 10.2 Å². The molecule has 0 aromatic heterocycles. The van der Waals surface area contributed by atoms with Gasteiger partial charge in [0.1, 0.15) is 6.54 Å². The van der Waals surface area contributed by atoms with E-state index in [0.29, 0.717) is 0 Å². The summed E-state index contributed by atoms with van der Waals surface area (Å²) in [5.41, 5.74) is 0. The van der Waals surface area contributed by atoms with E-state index >= 15 is 0 Å². The molecule has 0 saturated carbocycles. The van der Waals surface area contributed by atoms with E-state index in [1.807, 2.05) is 0 Å². The molecule has 5 heteroatoms. The first-order valence-electron chi connectivity index (χ1n) is 4.33. The number of rotatable bonds is 5. The summed E-state index contributed by atoms with van der Waals surface area (Å²) < 4.78 is 0. The zero-order valence-corrected chi connectivity index (χ0v) is 8.40. The summed E-state index contributed by atoms with van der Waals surface area (Å²) >= 11 is 0. The van der Waals surface area contributed by atoms with Gasteiger partial charge in [0.05, 0.1) is 6.07 Å². The molecule has 0 aliphatic heterocycles. The number of nitrogens with zero attached hydrogens (tertiary/aromatic N) is 2. The number of nitrogens with one attached hydrogen (secondary N) is 1. The molecule has 0 aliphatic carbocycles. The Morgan fingerprint density at radius 1 is 1.33 bits per heavy atom. The molecule has 80 valence electrons. The first-order valence-corrected chi connectivity index (χ1v) is 4.33. The van der Waals surface area contributed by atoms with Crippen molar-refractivity contribution in [3.8, 4) is 6.07 Å². The zero-order chi connectivity index (χ0) is 11.7. The van der Waals surface area contributed by atoms with E-state index in [-0.39, 0.29) is 19.6 Å². The highest BCUT2D eigenvalue weighted by Gasteiger charge is 2.18. The largest absolute Gasteiger partial charge is 0.335 e. The van der Waals surface area contributed by atoms with E-state index in [9.17, 15) is 9.59 Å². The van der Waals surface area contributed by atoms with Crippen molar-refractivity contribution in [2.45, 2.75) is 0 Å². The van der Waals surface area contributed by atoms with Gasteiger partial charge >= 0.3 is 11.8 Å². The van der Waals surface area contributed by atoms with Crippen molar-refractivity contribution in [2.24, 2.45) is 0 Å². The van der Waals surface area contributed by atoms with Crippen LogP contribution in [-0.2, 0) is 9.59 Å². The highest BCUT2D eigenvalue weighted by molar-refractivity contribution is 6.35. The molecule has 0 fully saturated rings. The SMILES string of the molecule is C=CCN(CC=C)C(=O)C(=O)NCC#N. The van der Waals surface area contributed by atoms with E-state index in [1.165, 1.54) is 17.1 Å². The Hall–Kier alpha value is -2.09. The maximum atomic E-state index is 11.4. The average Bonchev–Trinajstić information content (AvgIpc) is 2.24. The van der Waals surface area contributed by atoms with Gasteiger partial charge in [-0.1, -0.05) is 12.2 Å². The molecule has 0 atom stereocenters. The van der Waals surface area contributed by atoms with Crippen LogP contribution < -0.4 is 5.32 Å². The molecule has 1 N–H and O–H groups in total. The van der Waals surface area contributed by atoms with Gasteiger partial charge in [-0.25, -0.2) is 0 Å². The monoisotopic (exact) mass is 207 g/mol. The smallest absolute Gasteiger partial charge is 0.312 e. The Kier molecular flexibility index (Phi) is 6.31. The Labute approximate surface area is 88.7 Å². The molecule has 0 aromatic carbocycles. The Bertz CT molecular complexity index is 294. The number of amides is 2. The predicted molar refractivity (Wildman–Crippen MR) is 55.6 cm³/mol. The summed E-state index contributed by atoms with van der Waals surface area (Å²) in [6.45, 7) is 7.31. The van der Waals surface area contributed by atoms with Gasteiger partial charge in [-0.15, -0.1) is 13.2 Å². The van der Waals surface area contributed by atoms with Gasteiger partial charge in [0, 0.05) is 13.1 Å². The minimum absolute atomic E-state index is 0.180. The summed E-state index contributed by atoms with van der Waals surface area (Å²) in [7, 11) is 0. The first-order chi connectivity index (χ1) is 7.17. The molecule has 0 radical (unpaired) electrons. The Morgan fingerprint density at radius 3 is 2.27 bits per heavy atom. The molecule has 0 rings (SSSR count). The van der Waals surface area contributed by atoms with Crippen molar-refractivity contribution in [1.29, 1.82) is 5.26 Å². The predicted octanol–water partition coefficient (Wildman–Crippen LogP) is -0.173. The molecule has 0 saturated heterocycles. The standard InChI is InChI=1S/C10H13N3O2/c1-3-7-13(8-4-2)10(15)9(14)12-6-5-11/h3-4H,1-2,6-8H2,(H,12,14). The maximum absolute atomic E-state index is 11.4. The summed E-state index contributed by atoms with van der Waals surface area (Å²) in [4.78, 5) is 23.9. The summed E-state index contributed by atoms with van der Waals surface area (Å²) in [5, 5.41) is 10.4. The van der Waals surface area contributed by atoms with Gasteiger partial charge in [0.25, 0.3) is 0 Å². The van der Waals surface area contributed by atoms with E-state index in [1.54, 1.807) is 6.07 Å². The maximum Gasteiger partial charge on any atom is 0.312 e. The lowest BCUT2D eigenvalue weighted by Crippen LogP contribution is -2.43. The van der Waals surface area contributed by atoms with Crippen LogP contribution in [0, 0.1) is 11.3 Å². The number of carbonyl (C=O) groups excluding carboxylic acids is 2. The molecular formula is C10H13N3O2. The van der Waals surface area contributed by atoms with Gasteiger partial charge in [0.15, 0.2) is 0 Å². The normalized spacial score (nSPS) is 8.47. The molecule has 5 nitrogen and oxygen atoms in total. The number of hydrogen-bond donors (Lipinski definition) is 1. The quantitative estimate of drug-likeness (QED) is 0.386. The fourth-order valence-corrected chi connectivity index (χ4v) is 0.891. The van der Waals surface area contributed by atoms with Crippen LogP contribution in [0.2, 0.25) is 0 Å². The van der Waals surface area contributed by atoms with Crippen LogP contribution >= 0.6 is 0 Å². The van der Waals surface area contributed by atoms with Crippen LogP contribution in [0.15, 0.2) is 25.3 Å². The molecule has 0 unspecified atom stereocenters. The molecule has 0 aromatic rings. The van der Waals surface area contributed by atoms with E-state index in [2.05, 4.69) is 18.5 Å². The average molecular weight is 207 g/mol. The second kappa shape index (κ2) is 7.33. The third-order valence-electron chi connectivity index (χ3n) is 1.51. The molecule has 15 heavy (non-hydrogen) atoms. The zero-order valence-electron chi connectivity index (χ0n) is 8.40. The Morgan fingerprint density at radius 2 is 1.87 bits per heavy atom. The van der Waals surface area contributed by atoms with E-state index in [0.717, 1.165) is 0 Å². The second-order valence-corrected chi connectivity index (χ2v) is 2.63. The van der Waals surface area contributed by atoms with Crippen molar-refractivity contribution in [3.05, 3.63) is 25.3 Å². The van der Waals surface area contributed by atoms with Gasteiger partial charge in [-0.05, 0) is 0 Å². The lowest BCUT2D eigenvalue weighted by Gasteiger charge is -2.17. The summed E-state index contributed by atoms with van der Waals surface area (Å²) in [6, 6.07) is 1.71. The lowest BCUT2D eigenvalue weighted by molar-refractivity contribution is -0.145. The highest BCUT2D eigenvalue weighted by atomic mass is 16.2. The molecule has 0 heterocycles. The number of nitriles is 1. The van der Waals surface area contributed by atoms with Gasteiger partial charge in [-0.3, -0.25) is 9.59 Å². The summed E-state index contributed by atoms with van der Waals surface area (Å²) in [5.74, 6) is -1.48. The van der Waals surface area contributed by atoms with Gasteiger partial charge in [-0.2, -0.15) is 5.26 Å². The third-order valence-corrected chi connectivity index (χ3v) is 1.51. The van der Waals surface area contributed by atoms with Crippen LogP contribution in [0.1, 0.15) is 0 Å². The molecular weight excluding hydrogens is 194 g/mol. The Balaban J connectivity index is 4.35. The van der Waals surface area contributed by atoms with Gasteiger partial charge < -0.3 is 10.2 Å². The first kappa shape index (κ1) is 12.9. The number of hydrogen-bond acceptors (Lipinski definition) is 3. The minimum atomic E-state index is -0.791. The minimum Gasteiger partial charge on any atom is -0.335 e. The molecule has 0 aliphatic rings. The van der Waals surface area contributed by atoms with Crippen LogP contribution in [0.5, 0.6) is 0 Å². The second-order valence-electron chi connectivity index (χ2n) is 2.63. The number of carbonyl (C=O) groups is 2. The molecule has 0 spiro atoms. The van der Waals surface area contributed by atoms with Crippen molar-refractivity contribution >= 4 is 11.8 Å². The lowest BCUT2D eigenvalue weighted by atomic mass is 10.4. The molecule has 2 amide bonds. The van der Waals surface area contributed by atoms with Crippen LogP contribution in [0.25, 0.3) is 0 Å². The van der Waals surface area contributed by atoms with Crippen molar-refractivity contribution < 1.29 is 9.59 Å². The van der Waals surface area contributed by atoms with Crippen molar-refractivity contribution in [3.63, 3.8) is 0 Å². The topological polar surface area (TPSA) is 73.2 Å². The fourth-order valence-electron chi connectivity index (χ4n) is 0.891. The van der Waals surface area contributed by atoms with E-state index in [4.69, 9.17) is 5.26 Å². The summed E-state index contributed by atoms with van der Waals surface area (Å²) in [6.07, 6.45) is 3.03. The van der Waals surface area contributed by atoms with Crippen LogP contribution in [0.4, 0.5) is 0 Å².